The molecule has 0 aromatic heterocycles. The van der Waals surface area contributed by atoms with Crippen molar-refractivity contribution in [2.75, 3.05) is 13.6 Å². The van der Waals surface area contributed by atoms with Crippen LogP contribution < -0.4 is 5.32 Å². The van der Waals surface area contributed by atoms with Crippen LogP contribution in [0.1, 0.15) is 56.1 Å². The van der Waals surface area contributed by atoms with E-state index in [0.717, 1.165) is 36.8 Å². The Morgan fingerprint density at radius 1 is 0.905 bits per heavy atom. The molecule has 2 amide bonds. The summed E-state index contributed by atoms with van der Waals surface area (Å²) in [5, 5.41) is 3.76. The predicted octanol–water partition coefficient (Wildman–Crippen LogP) is 5.83. The van der Waals surface area contributed by atoms with Crippen LogP contribution in [0.4, 0.5) is 0 Å². The van der Waals surface area contributed by atoms with Gasteiger partial charge in [-0.1, -0.05) is 97.6 Å². The topological polar surface area (TPSA) is 86.8 Å². The number of rotatable bonds is 13. The third-order valence-electron chi connectivity index (χ3n) is 7.84. The highest BCUT2D eigenvalue weighted by Crippen LogP contribution is 2.23. The largest absolute Gasteiger partial charge is 0.352 e. The summed E-state index contributed by atoms with van der Waals surface area (Å²) in [7, 11) is -2.15. The fraction of sp³-hybridized carbons (Fsp3) is 0.394. The molecule has 0 spiro atoms. The minimum Gasteiger partial charge on any atom is -0.352 e. The van der Waals surface area contributed by atoms with E-state index in [1.54, 1.807) is 41.3 Å². The Morgan fingerprint density at radius 3 is 2.19 bits per heavy atom. The first-order chi connectivity index (χ1) is 20.3. The maximum absolute atomic E-state index is 13.9. The molecule has 3 aromatic rings. The summed E-state index contributed by atoms with van der Waals surface area (Å²) in [4.78, 5) is 29.6. The van der Waals surface area contributed by atoms with Gasteiger partial charge in [-0.25, -0.2) is 12.7 Å². The average Bonchev–Trinajstić information content (AvgIpc) is 3.01. The van der Waals surface area contributed by atoms with Gasteiger partial charge in [0, 0.05) is 44.0 Å². The smallest absolute Gasteiger partial charge is 0.243 e. The molecule has 1 aliphatic rings. The van der Waals surface area contributed by atoms with E-state index in [-0.39, 0.29) is 42.3 Å². The molecule has 1 saturated carbocycles. The standard InChI is InChI=1S/C33H40ClN3O4S/c1-36(42(40,41)29-19-9-4-10-20-29)23-13-22-32(38)37(25-27-16-11-12-21-30(27)34)31(24-26-14-5-2-6-15-26)33(39)35-28-17-7-3-8-18-28/h2,4-6,9-12,14-16,19-21,28,31H,3,7-8,13,17-18,22-25H2,1H3,(H,35,39)/t31-/m0/s1. The summed E-state index contributed by atoms with van der Waals surface area (Å²) in [6.07, 6.45) is 5.95. The van der Waals surface area contributed by atoms with E-state index >= 15 is 0 Å². The van der Waals surface area contributed by atoms with Crippen LogP contribution in [0.5, 0.6) is 0 Å². The summed E-state index contributed by atoms with van der Waals surface area (Å²) in [6, 6.07) is 24.6. The van der Waals surface area contributed by atoms with Gasteiger partial charge in [0.25, 0.3) is 0 Å². The van der Waals surface area contributed by atoms with E-state index in [2.05, 4.69) is 5.32 Å². The van der Waals surface area contributed by atoms with Gasteiger partial charge in [0.05, 0.1) is 4.90 Å². The molecule has 1 fully saturated rings. The summed E-state index contributed by atoms with van der Waals surface area (Å²) >= 11 is 6.52. The van der Waals surface area contributed by atoms with Gasteiger partial charge in [-0.15, -0.1) is 0 Å². The van der Waals surface area contributed by atoms with Crippen LogP contribution in [0.2, 0.25) is 5.02 Å². The molecule has 0 unspecified atom stereocenters. The molecule has 42 heavy (non-hydrogen) atoms. The molecule has 0 saturated heterocycles. The Labute approximate surface area is 254 Å². The second-order valence-corrected chi connectivity index (χ2v) is 13.4. The minimum atomic E-state index is -3.67. The first kappa shape index (κ1) is 31.7. The number of halogens is 1. The number of nitrogens with zero attached hydrogens (tertiary/aromatic N) is 2. The summed E-state index contributed by atoms with van der Waals surface area (Å²) in [6.45, 7) is 0.340. The number of sulfonamides is 1. The highest BCUT2D eigenvalue weighted by molar-refractivity contribution is 7.89. The van der Waals surface area contributed by atoms with Crippen molar-refractivity contribution >= 4 is 33.4 Å². The highest BCUT2D eigenvalue weighted by Gasteiger charge is 2.32. The second kappa shape index (κ2) is 15.3. The van der Waals surface area contributed by atoms with Gasteiger partial charge in [-0.3, -0.25) is 9.59 Å². The van der Waals surface area contributed by atoms with Crippen molar-refractivity contribution in [1.82, 2.24) is 14.5 Å². The van der Waals surface area contributed by atoms with Crippen molar-refractivity contribution in [3.63, 3.8) is 0 Å². The lowest BCUT2D eigenvalue weighted by atomic mass is 9.94. The van der Waals surface area contributed by atoms with Crippen molar-refractivity contribution in [2.45, 2.75) is 74.9 Å². The fourth-order valence-corrected chi connectivity index (χ4v) is 6.82. The third-order valence-corrected chi connectivity index (χ3v) is 10.1. The zero-order valence-corrected chi connectivity index (χ0v) is 25.7. The molecule has 0 radical (unpaired) electrons. The van der Waals surface area contributed by atoms with Gasteiger partial charge in [0.1, 0.15) is 6.04 Å². The molecule has 0 aliphatic heterocycles. The summed E-state index contributed by atoms with van der Waals surface area (Å²) < 4.78 is 27.2. The first-order valence-electron chi connectivity index (χ1n) is 14.6. The van der Waals surface area contributed by atoms with Crippen LogP contribution in [0.3, 0.4) is 0 Å². The van der Waals surface area contributed by atoms with Gasteiger partial charge >= 0.3 is 0 Å². The van der Waals surface area contributed by atoms with E-state index in [1.807, 2.05) is 48.5 Å². The molecular formula is C33H40ClN3O4S. The van der Waals surface area contributed by atoms with E-state index in [4.69, 9.17) is 11.6 Å². The number of amides is 2. The van der Waals surface area contributed by atoms with Crippen molar-refractivity contribution in [2.24, 2.45) is 0 Å². The van der Waals surface area contributed by atoms with Gasteiger partial charge in [0.15, 0.2) is 0 Å². The van der Waals surface area contributed by atoms with Crippen LogP contribution in [-0.4, -0.2) is 55.1 Å². The lowest BCUT2D eigenvalue weighted by Crippen LogP contribution is -2.53. The molecule has 9 heteroatoms. The number of hydrogen-bond donors (Lipinski definition) is 1. The Hall–Kier alpha value is -3.20. The second-order valence-electron chi connectivity index (χ2n) is 10.9. The van der Waals surface area contributed by atoms with Crippen LogP contribution in [0.15, 0.2) is 89.8 Å². The first-order valence-corrected chi connectivity index (χ1v) is 16.5. The van der Waals surface area contributed by atoms with E-state index in [1.165, 1.54) is 17.8 Å². The zero-order chi connectivity index (χ0) is 30.0. The quantitative estimate of drug-likeness (QED) is 0.264. The van der Waals surface area contributed by atoms with Gasteiger partial charge in [0.2, 0.25) is 21.8 Å². The minimum absolute atomic E-state index is 0.0844. The van der Waals surface area contributed by atoms with E-state index in [9.17, 15) is 18.0 Å². The highest BCUT2D eigenvalue weighted by atomic mass is 35.5. The van der Waals surface area contributed by atoms with Crippen LogP contribution >= 0.6 is 11.6 Å². The molecular weight excluding hydrogens is 570 g/mol. The molecule has 3 aromatic carbocycles. The monoisotopic (exact) mass is 609 g/mol. The summed E-state index contributed by atoms with van der Waals surface area (Å²) in [5.74, 6) is -0.393. The molecule has 4 rings (SSSR count). The van der Waals surface area contributed by atoms with Crippen molar-refractivity contribution in [3.05, 3.63) is 101 Å². The lowest BCUT2D eigenvalue weighted by molar-refractivity contribution is -0.141. The van der Waals surface area contributed by atoms with Crippen LogP contribution in [0, 0.1) is 0 Å². The Morgan fingerprint density at radius 2 is 1.52 bits per heavy atom. The molecule has 1 atom stereocenters. The molecule has 0 heterocycles. The maximum atomic E-state index is 13.9. The van der Waals surface area contributed by atoms with E-state index < -0.39 is 16.1 Å². The normalized spacial score (nSPS) is 14.8. The molecule has 1 aliphatic carbocycles. The van der Waals surface area contributed by atoms with E-state index in [0.29, 0.717) is 17.9 Å². The maximum Gasteiger partial charge on any atom is 0.243 e. The van der Waals surface area contributed by atoms with Gasteiger partial charge in [-0.2, -0.15) is 0 Å². The molecule has 1 N–H and O–H groups in total. The van der Waals surface area contributed by atoms with Crippen LogP contribution in [-0.2, 0) is 32.6 Å². The average molecular weight is 610 g/mol. The SMILES string of the molecule is CN(CCCC(=O)N(Cc1ccccc1Cl)[C@@H](Cc1ccccc1)C(=O)NC1CCCCC1)S(=O)(=O)c1ccccc1. The summed E-state index contributed by atoms with van der Waals surface area (Å²) in [5.41, 5.74) is 1.70. The van der Waals surface area contributed by atoms with Crippen LogP contribution in [0.25, 0.3) is 0 Å². The Balaban J connectivity index is 1.55. The van der Waals surface area contributed by atoms with Crippen molar-refractivity contribution in [1.29, 1.82) is 0 Å². The molecule has 0 bridgehead atoms. The van der Waals surface area contributed by atoms with Crippen molar-refractivity contribution in [3.8, 4) is 0 Å². The van der Waals surface area contributed by atoms with Gasteiger partial charge < -0.3 is 10.2 Å². The number of nitrogens with one attached hydrogen (secondary N) is 1. The Bertz CT molecular complexity index is 1410. The zero-order valence-electron chi connectivity index (χ0n) is 24.1. The predicted molar refractivity (Wildman–Crippen MR) is 166 cm³/mol. The number of carbonyl (C=O) groups excluding carboxylic acids is 2. The van der Waals surface area contributed by atoms with Gasteiger partial charge in [-0.05, 0) is 48.6 Å². The fourth-order valence-electron chi connectivity index (χ4n) is 5.40. The van der Waals surface area contributed by atoms with Crippen molar-refractivity contribution < 1.29 is 18.0 Å². The molecule has 7 nitrogen and oxygen atoms in total. The molecule has 224 valence electrons. The number of carbonyl (C=O) groups is 2. The number of benzene rings is 3. The number of hydrogen-bond acceptors (Lipinski definition) is 4. The third kappa shape index (κ3) is 8.66. The lowest BCUT2D eigenvalue weighted by Gasteiger charge is -2.34. The Kier molecular flexibility index (Phi) is 11.6.